The van der Waals surface area contributed by atoms with E-state index in [1.54, 1.807) is 7.11 Å². The van der Waals surface area contributed by atoms with E-state index in [4.69, 9.17) is 9.47 Å². The van der Waals surface area contributed by atoms with Crippen LogP contribution in [0.3, 0.4) is 0 Å². The van der Waals surface area contributed by atoms with Crippen molar-refractivity contribution in [3.63, 3.8) is 0 Å². The van der Waals surface area contributed by atoms with Crippen LogP contribution in [0.15, 0.2) is 48.5 Å². The van der Waals surface area contributed by atoms with E-state index in [-0.39, 0.29) is 0 Å². The van der Waals surface area contributed by atoms with Crippen LogP contribution in [0.4, 0.5) is 0 Å². The fourth-order valence-corrected chi connectivity index (χ4v) is 3.84. The van der Waals surface area contributed by atoms with Crippen molar-refractivity contribution >= 4 is 0 Å². The molecule has 4 nitrogen and oxygen atoms in total. The number of hydrogen-bond donors (Lipinski definition) is 1. The third kappa shape index (κ3) is 4.63. The van der Waals surface area contributed by atoms with Crippen molar-refractivity contribution in [3.05, 3.63) is 59.7 Å². The summed E-state index contributed by atoms with van der Waals surface area (Å²) in [5, 5.41) is 11.4. The van der Waals surface area contributed by atoms with Crippen LogP contribution in [-0.2, 0) is 5.60 Å². The summed E-state index contributed by atoms with van der Waals surface area (Å²) >= 11 is 0. The summed E-state index contributed by atoms with van der Waals surface area (Å²) < 4.78 is 11.4. The van der Waals surface area contributed by atoms with E-state index >= 15 is 0 Å². The van der Waals surface area contributed by atoms with Crippen molar-refractivity contribution in [3.8, 4) is 11.5 Å². The zero-order valence-electron chi connectivity index (χ0n) is 16.5. The average molecular weight is 370 g/mol. The molecule has 27 heavy (non-hydrogen) atoms. The molecule has 1 atom stereocenters. The van der Waals surface area contributed by atoms with Crippen molar-refractivity contribution in [1.82, 2.24) is 4.90 Å². The van der Waals surface area contributed by atoms with E-state index in [1.165, 1.54) is 32.4 Å². The molecule has 1 unspecified atom stereocenters. The molecule has 0 amide bonds. The quantitative estimate of drug-likeness (QED) is 0.757. The van der Waals surface area contributed by atoms with E-state index in [0.717, 1.165) is 23.4 Å². The molecule has 2 aromatic rings. The first-order valence-corrected chi connectivity index (χ1v) is 9.99. The predicted molar refractivity (Wildman–Crippen MR) is 109 cm³/mol. The van der Waals surface area contributed by atoms with Gasteiger partial charge in [0.2, 0.25) is 0 Å². The Morgan fingerprint density at radius 1 is 1.00 bits per heavy atom. The fourth-order valence-electron chi connectivity index (χ4n) is 3.84. The van der Waals surface area contributed by atoms with Crippen molar-refractivity contribution in [2.24, 2.45) is 0 Å². The van der Waals surface area contributed by atoms with Gasteiger partial charge in [0.25, 0.3) is 0 Å². The van der Waals surface area contributed by atoms with Crippen LogP contribution < -0.4 is 9.47 Å². The summed E-state index contributed by atoms with van der Waals surface area (Å²) in [6, 6.07) is 15.4. The molecule has 1 aliphatic rings. The smallest absolute Gasteiger partial charge is 0.125 e. The summed E-state index contributed by atoms with van der Waals surface area (Å²) in [5.41, 5.74) is 0.547. The molecule has 1 heterocycles. The molecular formula is C23H31NO3. The molecule has 1 saturated heterocycles. The number of nitrogens with zero attached hydrogens (tertiary/aromatic N) is 1. The first kappa shape index (κ1) is 19.7. The Hall–Kier alpha value is -2.04. The molecule has 4 heteroatoms. The zero-order valence-corrected chi connectivity index (χ0v) is 16.5. The van der Waals surface area contributed by atoms with Crippen LogP contribution in [-0.4, -0.2) is 43.4 Å². The molecule has 3 rings (SSSR count). The number of likely N-dealkylation sites (tertiary alicyclic amines) is 1. The normalized spacial score (nSPS) is 17.3. The molecule has 0 aliphatic carbocycles. The highest BCUT2D eigenvalue weighted by Gasteiger charge is 2.32. The number of para-hydroxylation sites is 1. The largest absolute Gasteiger partial charge is 0.496 e. The molecule has 1 fully saturated rings. The highest BCUT2D eigenvalue weighted by molar-refractivity contribution is 5.45. The van der Waals surface area contributed by atoms with Gasteiger partial charge in [-0.25, -0.2) is 0 Å². The number of methoxy groups -OCH3 is 1. The number of piperidine rings is 1. The van der Waals surface area contributed by atoms with E-state index in [2.05, 4.69) is 4.90 Å². The van der Waals surface area contributed by atoms with Gasteiger partial charge < -0.3 is 14.6 Å². The summed E-state index contributed by atoms with van der Waals surface area (Å²) in [5.74, 6) is 1.54. The van der Waals surface area contributed by atoms with Gasteiger partial charge in [-0.3, -0.25) is 4.90 Å². The van der Waals surface area contributed by atoms with E-state index in [9.17, 15) is 5.11 Å². The Labute approximate surface area is 162 Å². The predicted octanol–water partition coefficient (Wildman–Crippen LogP) is 4.21. The maximum absolute atomic E-state index is 11.4. The summed E-state index contributed by atoms with van der Waals surface area (Å²) in [4.78, 5) is 2.47. The molecule has 2 aromatic carbocycles. The van der Waals surface area contributed by atoms with Crippen LogP contribution in [0.1, 0.15) is 43.7 Å². The fraction of sp³-hybridized carbons (Fsp3) is 0.478. The Kier molecular flexibility index (Phi) is 6.75. The minimum atomic E-state index is -1.08. The lowest BCUT2D eigenvalue weighted by molar-refractivity contribution is 0.0736. The molecule has 146 valence electrons. The monoisotopic (exact) mass is 369 g/mol. The van der Waals surface area contributed by atoms with Crippen LogP contribution in [0.25, 0.3) is 0 Å². The van der Waals surface area contributed by atoms with E-state index in [0.29, 0.717) is 18.8 Å². The van der Waals surface area contributed by atoms with Gasteiger partial charge >= 0.3 is 0 Å². The molecule has 0 aromatic heterocycles. The maximum atomic E-state index is 11.4. The Morgan fingerprint density at radius 3 is 2.37 bits per heavy atom. The molecule has 1 N–H and O–H groups in total. The number of aliphatic hydroxyl groups is 1. The molecule has 0 radical (unpaired) electrons. The minimum Gasteiger partial charge on any atom is -0.496 e. The van der Waals surface area contributed by atoms with E-state index in [1.807, 2.05) is 55.5 Å². The van der Waals surface area contributed by atoms with Gasteiger partial charge in [0.1, 0.15) is 23.7 Å². The van der Waals surface area contributed by atoms with Gasteiger partial charge in [0.05, 0.1) is 7.11 Å². The van der Waals surface area contributed by atoms with Gasteiger partial charge in [-0.1, -0.05) is 43.7 Å². The molecular weight excluding hydrogens is 338 g/mol. The van der Waals surface area contributed by atoms with Crippen molar-refractivity contribution in [2.45, 2.75) is 38.2 Å². The second kappa shape index (κ2) is 9.25. The summed E-state index contributed by atoms with van der Waals surface area (Å²) in [6.45, 7) is 6.02. The molecule has 0 saturated carbocycles. The standard InChI is InChI=1S/C23H31NO3/c1-3-23(25,21-9-5-6-10-22(21)26-2)19-11-13-20(14-12-19)27-18-17-24-15-7-4-8-16-24/h5-6,9-14,25H,3-4,7-8,15-18H2,1-2H3. The third-order valence-electron chi connectivity index (χ3n) is 5.52. The number of rotatable bonds is 8. The lowest BCUT2D eigenvalue weighted by atomic mass is 9.83. The van der Waals surface area contributed by atoms with Crippen LogP contribution in [0, 0.1) is 0 Å². The lowest BCUT2D eigenvalue weighted by Gasteiger charge is -2.29. The Balaban J connectivity index is 1.67. The highest BCUT2D eigenvalue weighted by Crippen LogP contribution is 2.38. The second-order valence-corrected chi connectivity index (χ2v) is 7.19. The average Bonchev–Trinajstić information content (AvgIpc) is 2.74. The van der Waals surface area contributed by atoms with Crippen molar-refractivity contribution < 1.29 is 14.6 Å². The first-order chi connectivity index (χ1) is 13.2. The lowest BCUT2D eigenvalue weighted by Crippen LogP contribution is -2.33. The topological polar surface area (TPSA) is 41.9 Å². The van der Waals surface area contributed by atoms with Gasteiger partial charge in [0.15, 0.2) is 0 Å². The van der Waals surface area contributed by atoms with Gasteiger partial charge in [-0.15, -0.1) is 0 Å². The second-order valence-electron chi connectivity index (χ2n) is 7.19. The first-order valence-electron chi connectivity index (χ1n) is 9.99. The molecule has 1 aliphatic heterocycles. The number of ether oxygens (including phenoxy) is 2. The minimum absolute atomic E-state index is 0.558. The maximum Gasteiger partial charge on any atom is 0.125 e. The zero-order chi connectivity index (χ0) is 19.1. The SMILES string of the molecule is CCC(O)(c1ccc(OCCN2CCCCC2)cc1)c1ccccc1OC. The van der Waals surface area contributed by atoms with Crippen LogP contribution in [0.2, 0.25) is 0 Å². The van der Waals surface area contributed by atoms with Crippen molar-refractivity contribution in [2.75, 3.05) is 33.4 Å². The van der Waals surface area contributed by atoms with Crippen LogP contribution >= 0.6 is 0 Å². The van der Waals surface area contributed by atoms with E-state index < -0.39 is 5.60 Å². The molecule has 0 bridgehead atoms. The Bertz CT molecular complexity index is 710. The van der Waals surface area contributed by atoms with Gasteiger partial charge in [-0.05, 0) is 56.1 Å². The van der Waals surface area contributed by atoms with Gasteiger partial charge in [-0.2, -0.15) is 0 Å². The summed E-state index contributed by atoms with van der Waals surface area (Å²) in [7, 11) is 1.63. The molecule has 0 spiro atoms. The number of hydrogen-bond acceptors (Lipinski definition) is 4. The van der Waals surface area contributed by atoms with Gasteiger partial charge in [0, 0.05) is 12.1 Å². The Morgan fingerprint density at radius 2 is 1.70 bits per heavy atom. The van der Waals surface area contributed by atoms with Crippen LogP contribution in [0.5, 0.6) is 11.5 Å². The summed E-state index contributed by atoms with van der Waals surface area (Å²) in [6.07, 6.45) is 4.51. The highest BCUT2D eigenvalue weighted by atomic mass is 16.5. The number of benzene rings is 2. The van der Waals surface area contributed by atoms with Crippen molar-refractivity contribution in [1.29, 1.82) is 0 Å². The third-order valence-corrected chi connectivity index (χ3v) is 5.52.